The number of fused-ring (bicyclic) bond motifs is 1. The van der Waals surface area contributed by atoms with Crippen LogP contribution in [0.4, 0.5) is 5.69 Å². The number of carboxylic acids is 1. The monoisotopic (exact) mass is 278 g/mol. The van der Waals surface area contributed by atoms with Crippen molar-refractivity contribution in [1.29, 1.82) is 0 Å². The van der Waals surface area contributed by atoms with E-state index in [-0.39, 0.29) is 12.3 Å². The van der Waals surface area contributed by atoms with E-state index in [0.29, 0.717) is 25.3 Å². The third-order valence-electron chi connectivity index (χ3n) is 3.22. The predicted octanol–water partition coefficient (Wildman–Crippen LogP) is 0.865. The molecule has 1 aliphatic rings. The van der Waals surface area contributed by atoms with E-state index < -0.39 is 12.1 Å². The first kappa shape index (κ1) is 14.2. The molecule has 0 fully saturated rings. The highest BCUT2D eigenvalue weighted by Gasteiger charge is 2.29. The van der Waals surface area contributed by atoms with Gasteiger partial charge in [-0.25, -0.2) is 0 Å². The highest BCUT2D eigenvalue weighted by atomic mass is 16.5. The van der Waals surface area contributed by atoms with E-state index in [4.69, 9.17) is 9.84 Å². The molecular formula is C14H18N2O4. The van der Waals surface area contributed by atoms with Crippen molar-refractivity contribution in [2.45, 2.75) is 18.9 Å². The Balaban J connectivity index is 2.12. The Kier molecular flexibility index (Phi) is 4.45. The largest absolute Gasteiger partial charge is 0.481 e. The van der Waals surface area contributed by atoms with Gasteiger partial charge in [0.05, 0.1) is 12.2 Å². The van der Waals surface area contributed by atoms with Crippen LogP contribution in [-0.4, -0.2) is 43.2 Å². The zero-order chi connectivity index (χ0) is 14.5. The van der Waals surface area contributed by atoms with E-state index in [1.54, 1.807) is 7.05 Å². The van der Waals surface area contributed by atoms with Crippen molar-refractivity contribution in [2.24, 2.45) is 0 Å². The third-order valence-corrected chi connectivity index (χ3v) is 3.22. The molecule has 1 aliphatic heterocycles. The summed E-state index contributed by atoms with van der Waals surface area (Å²) in [6, 6.07) is 7.47. The summed E-state index contributed by atoms with van der Waals surface area (Å²) in [5, 5.41) is 11.3. The number of nitrogens with zero attached hydrogens (tertiary/aromatic N) is 1. The van der Waals surface area contributed by atoms with Crippen LogP contribution in [0.2, 0.25) is 0 Å². The summed E-state index contributed by atoms with van der Waals surface area (Å²) in [4.78, 5) is 24.3. The Morgan fingerprint density at radius 3 is 2.90 bits per heavy atom. The Hall–Kier alpha value is -2.24. The van der Waals surface area contributed by atoms with Gasteiger partial charge < -0.3 is 20.1 Å². The molecule has 0 bridgehead atoms. The van der Waals surface area contributed by atoms with Crippen LogP contribution in [0.5, 0.6) is 5.75 Å². The zero-order valence-corrected chi connectivity index (χ0v) is 11.3. The first-order valence-corrected chi connectivity index (χ1v) is 6.56. The smallest absolute Gasteiger partial charge is 0.303 e. The number of likely N-dealkylation sites (N-methyl/N-ethyl adjacent to an activating group) is 1. The molecule has 1 atom stereocenters. The molecule has 2 rings (SSSR count). The minimum Gasteiger partial charge on any atom is -0.481 e. The number of hydrogen-bond donors (Lipinski definition) is 2. The summed E-state index contributed by atoms with van der Waals surface area (Å²) in [6.45, 7) is 1.01. The van der Waals surface area contributed by atoms with Crippen LogP contribution in [0.3, 0.4) is 0 Å². The van der Waals surface area contributed by atoms with Gasteiger partial charge in [0.2, 0.25) is 0 Å². The number of nitrogens with one attached hydrogen (secondary N) is 1. The van der Waals surface area contributed by atoms with Gasteiger partial charge in [0.25, 0.3) is 5.91 Å². The number of rotatable bonds is 5. The second kappa shape index (κ2) is 6.27. The minimum absolute atomic E-state index is 0.115. The van der Waals surface area contributed by atoms with Crippen LogP contribution in [-0.2, 0) is 9.59 Å². The summed E-state index contributed by atoms with van der Waals surface area (Å²) in [6.07, 6.45) is 0.0774. The standard InChI is InChI=1S/C14H18N2O4/c1-15-14(19)12-9-16(8-4-7-13(17)18)10-5-2-3-6-11(10)20-12/h2-3,5-6,12H,4,7-9H2,1H3,(H,15,19)(H,17,18). The van der Waals surface area contributed by atoms with E-state index >= 15 is 0 Å². The van der Waals surface area contributed by atoms with Crippen molar-refractivity contribution in [2.75, 3.05) is 25.0 Å². The molecule has 1 aromatic rings. The summed E-state index contributed by atoms with van der Waals surface area (Å²) >= 11 is 0. The van der Waals surface area contributed by atoms with Gasteiger partial charge in [-0.3, -0.25) is 9.59 Å². The van der Waals surface area contributed by atoms with Crippen molar-refractivity contribution in [3.63, 3.8) is 0 Å². The first-order valence-electron chi connectivity index (χ1n) is 6.56. The van der Waals surface area contributed by atoms with Crippen LogP contribution in [0.15, 0.2) is 24.3 Å². The number of anilines is 1. The lowest BCUT2D eigenvalue weighted by atomic mass is 10.1. The quantitative estimate of drug-likeness (QED) is 0.835. The Morgan fingerprint density at radius 2 is 2.20 bits per heavy atom. The molecule has 1 amide bonds. The highest BCUT2D eigenvalue weighted by molar-refractivity contribution is 5.83. The van der Waals surface area contributed by atoms with Crippen molar-refractivity contribution in [3.05, 3.63) is 24.3 Å². The first-order chi connectivity index (χ1) is 9.61. The van der Waals surface area contributed by atoms with Crippen LogP contribution in [0.25, 0.3) is 0 Å². The maximum atomic E-state index is 11.7. The number of para-hydroxylation sites is 2. The number of benzene rings is 1. The molecule has 0 aliphatic carbocycles. The fourth-order valence-corrected chi connectivity index (χ4v) is 2.24. The molecule has 6 nitrogen and oxygen atoms in total. The van der Waals surface area contributed by atoms with Crippen molar-refractivity contribution in [3.8, 4) is 5.75 Å². The molecule has 1 unspecified atom stereocenters. The summed E-state index contributed by atoms with van der Waals surface area (Å²) in [5.74, 6) is -0.334. The molecule has 108 valence electrons. The molecule has 0 saturated carbocycles. The summed E-state index contributed by atoms with van der Waals surface area (Å²) in [7, 11) is 1.57. The van der Waals surface area contributed by atoms with Crippen LogP contribution in [0.1, 0.15) is 12.8 Å². The normalized spacial score (nSPS) is 17.1. The SMILES string of the molecule is CNC(=O)C1CN(CCCC(=O)O)c2ccccc2O1. The summed E-state index contributed by atoms with van der Waals surface area (Å²) in [5.41, 5.74) is 0.901. The molecule has 1 aromatic carbocycles. The van der Waals surface area contributed by atoms with Gasteiger partial charge in [-0.2, -0.15) is 0 Å². The van der Waals surface area contributed by atoms with Crippen LogP contribution >= 0.6 is 0 Å². The van der Waals surface area contributed by atoms with Gasteiger partial charge in [-0.1, -0.05) is 12.1 Å². The van der Waals surface area contributed by atoms with Crippen molar-refractivity contribution < 1.29 is 19.4 Å². The molecule has 1 heterocycles. The van der Waals surface area contributed by atoms with E-state index in [1.807, 2.05) is 29.2 Å². The number of ether oxygens (including phenoxy) is 1. The average Bonchev–Trinajstić information content (AvgIpc) is 2.45. The highest BCUT2D eigenvalue weighted by Crippen LogP contribution is 2.33. The lowest BCUT2D eigenvalue weighted by molar-refractivity contribution is -0.137. The van der Waals surface area contributed by atoms with Crippen LogP contribution < -0.4 is 15.0 Å². The van der Waals surface area contributed by atoms with Gasteiger partial charge in [0, 0.05) is 20.0 Å². The Labute approximate surface area is 117 Å². The molecule has 0 radical (unpaired) electrons. The van der Waals surface area contributed by atoms with Gasteiger partial charge in [-0.15, -0.1) is 0 Å². The van der Waals surface area contributed by atoms with E-state index in [0.717, 1.165) is 5.69 Å². The van der Waals surface area contributed by atoms with Crippen LogP contribution in [0, 0.1) is 0 Å². The summed E-state index contributed by atoms with van der Waals surface area (Å²) < 4.78 is 5.67. The molecule has 2 N–H and O–H groups in total. The fourth-order valence-electron chi connectivity index (χ4n) is 2.24. The molecule has 0 spiro atoms. The number of carbonyl (C=O) groups is 2. The number of hydrogen-bond acceptors (Lipinski definition) is 4. The Morgan fingerprint density at radius 1 is 1.45 bits per heavy atom. The molecule has 0 aromatic heterocycles. The molecule has 20 heavy (non-hydrogen) atoms. The number of carboxylic acid groups (broad SMARTS) is 1. The van der Waals surface area contributed by atoms with Gasteiger partial charge in [0.15, 0.2) is 6.10 Å². The van der Waals surface area contributed by atoms with Gasteiger partial charge in [0.1, 0.15) is 5.75 Å². The van der Waals surface area contributed by atoms with E-state index in [2.05, 4.69) is 5.32 Å². The minimum atomic E-state index is -0.811. The predicted molar refractivity (Wildman–Crippen MR) is 74.0 cm³/mol. The average molecular weight is 278 g/mol. The fraction of sp³-hybridized carbons (Fsp3) is 0.429. The van der Waals surface area contributed by atoms with Crippen molar-refractivity contribution in [1.82, 2.24) is 5.32 Å². The van der Waals surface area contributed by atoms with E-state index in [1.165, 1.54) is 0 Å². The zero-order valence-electron chi connectivity index (χ0n) is 11.3. The van der Waals surface area contributed by atoms with Gasteiger partial charge >= 0.3 is 5.97 Å². The topological polar surface area (TPSA) is 78.9 Å². The number of carbonyl (C=O) groups excluding carboxylic acids is 1. The lowest BCUT2D eigenvalue weighted by Crippen LogP contribution is -2.48. The second-order valence-corrected chi connectivity index (χ2v) is 4.63. The van der Waals surface area contributed by atoms with Gasteiger partial charge in [-0.05, 0) is 18.6 Å². The maximum Gasteiger partial charge on any atom is 0.303 e. The second-order valence-electron chi connectivity index (χ2n) is 4.63. The van der Waals surface area contributed by atoms with Crippen molar-refractivity contribution >= 4 is 17.6 Å². The van der Waals surface area contributed by atoms with E-state index in [9.17, 15) is 9.59 Å². The molecule has 0 saturated heterocycles. The number of aliphatic carboxylic acids is 1. The maximum absolute atomic E-state index is 11.7. The number of amides is 1. The molecular weight excluding hydrogens is 260 g/mol. The molecule has 6 heteroatoms. The lowest BCUT2D eigenvalue weighted by Gasteiger charge is -2.35. The third kappa shape index (κ3) is 3.20. The Bertz CT molecular complexity index is 504.